The number of carboxylic acid groups (broad SMARTS) is 1. The normalized spacial score (nSPS) is 13.5. The van der Waals surface area contributed by atoms with Gasteiger partial charge in [-0.15, -0.1) is 0 Å². The van der Waals surface area contributed by atoms with Crippen molar-refractivity contribution in [3.63, 3.8) is 0 Å². The standard InChI is InChI=1S/C54H93NO8/c1-6-8-10-12-14-16-18-20-22-24-25-26-27-29-31-33-35-37-39-41-43-45-52(57)63-50(49-62-54(53(58)59)60-47-46-55(3,4)5)48-61-51(56)44-42-40-38-36-34-32-30-28-23-21-19-17-15-13-11-9-7-2/h8,10,14,16,20,22,25-26,29,31,35,37,50,54H,6-7,9,11-13,15,17-19,21,23-24,27-28,30,32-34,36,38-49H2,1-5H3/b10-8-,16-14-,22-20-,26-25-,31-29-,37-35-. The molecule has 0 rings (SSSR count). The summed E-state index contributed by atoms with van der Waals surface area (Å²) in [6, 6.07) is 0. The quantitative estimate of drug-likeness (QED) is 0.0195. The van der Waals surface area contributed by atoms with Crippen molar-refractivity contribution >= 4 is 17.9 Å². The van der Waals surface area contributed by atoms with Crippen molar-refractivity contribution in [3.8, 4) is 0 Å². The van der Waals surface area contributed by atoms with Crippen molar-refractivity contribution in [3.05, 3.63) is 72.9 Å². The molecule has 0 radical (unpaired) electrons. The number of carbonyl (C=O) groups is 3. The van der Waals surface area contributed by atoms with E-state index in [2.05, 4.69) is 86.8 Å². The highest BCUT2D eigenvalue weighted by atomic mass is 16.7. The van der Waals surface area contributed by atoms with E-state index in [1.54, 1.807) is 0 Å². The lowest BCUT2D eigenvalue weighted by molar-refractivity contribution is -0.870. The highest BCUT2D eigenvalue weighted by Crippen LogP contribution is 2.15. The first-order valence-corrected chi connectivity index (χ1v) is 25.1. The summed E-state index contributed by atoms with van der Waals surface area (Å²) >= 11 is 0. The summed E-state index contributed by atoms with van der Waals surface area (Å²) in [6.45, 7) is 4.58. The summed E-state index contributed by atoms with van der Waals surface area (Å²) in [7, 11) is 5.89. The maximum absolute atomic E-state index is 12.8. The van der Waals surface area contributed by atoms with Crippen LogP contribution in [0.1, 0.15) is 194 Å². The second-order valence-electron chi connectivity index (χ2n) is 17.7. The summed E-state index contributed by atoms with van der Waals surface area (Å²) in [5, 5.41) is 11.7. The van der Waals surface area contributed by atoms with E-state index in [1.807, 2.05) is 21.1 Å². The Morgan fingerprint density at radius 3 is 1.35 bits per heavy atom. The van der Waals surface area contributed by atoms with Gasteiger partial charge >= 0.3 is 11.9 Å². The molecule has 362 valence electrons. The van der Waals surface area contributed by atoms with Crippen LogP contribution in [0.2, 0.25) is 0 Å². The van der Waals surface area contributed by atoms with Gasteiger partial charge in [0.15, 0.2) is 12.4 Å². The van der Waals surface area contributed by atoms with Crippen LogP contribution >= 0.6 is 0 Å². The van der Waals surface area contributed by atoms with E-state index in [0.717, 1.165) is 70.6 Å². The molecule has 0 bridgehead atoms. The molecule has 0 amide bonds. The maximum Gasteiger partial charge on any atom is 0.306 e. The van der Waals surface area contributed by atoms with E-state index in [0.29, 0.717) is 17.4 Å². The number of aliphatic carboxylic acids is 1. The van der Waals surface area contributed by atoms with Crippen LogP contribution in [0.5, 0.6) is 0 Å². The van der Waals surface area contributed by atoms with Gasteiger partial charge in [-0.3, -0.25) is 9.59 Å². The Morgan fingerprint density at radius 2 is 0.905 bits per heavy atom. The van der Waals surface area contributed by atoms with Crippen LogP contribution < -0.4 is 5.11 Å². The topological polar surface area (TPSA) is 111 Å². The predicted molar refractivity (Wildman–Crippen MR) is 260 cm³/mol. The van der Waals surface area contributed by atoms with Crippen molar-refractivity contribution < 1.29 is 42.9 Å². The molecule has 9 heteroatoms. The number of hydrogen-bond acceptors (Lipinski definition) is 8. The SMILES string of the molecule is CC/C=C\C/C=C\C/C=C\C/C=C\C/C=C\C/C=C\CCCCC(=O)OC(COC(=O)CCCCCCCCCCCCCCCCCCC)COC(OCC[N+](C)(C)C)C(=O)[O-]. The zero-order valence-electron chi connectivity index (χ0n) is 40.9. The summed E-state index contributed by atoms with van der Waals surface area (Å²) in [6.07, 6.45) is 53.6. The second-order valence-corrected chi connectivity index (χ2v) is 17.7. The Bertz CT molecular complexity index is 1260. The number of hydrogen-bond donors (Lipinski definition) is 0. The van der Waals surface area contributed by atoms with Crippen LogP contribution in [0, 0.1) is 0 Å². The minimum Gasteiger partial charge on any atom is -0.545 e. The Balaban J connectivity index is 4.46. The fraction of sp³-hybridized carbons (Fsp3) is 0.722. The number of quaternary nitrogens is 1. The molecule has 0 spiro atoms. The average molecular weight is 884 g/mol. The van der Waals surface area contributed by atoms with E-state index in [-0.39, 0.29) is 38.6 Å². The zero-order chi connectivity index (χ0) is 46.3. The highest BCUT2D eigenvalue weighted by Gasteiger charge is 2.21. The number of carboxylic acids is 1. The molecule has 9 nitrogen and oxygen atoms in total. The van der Waals surface area contributed by atoms with Crippen molar-refractivity contribution in [2.75, 3.05) is 47.5 Å². The number of esters is 2. The molecule has 2 atom stereocenters. The molecule has 0 aromatic carbocycles. The molecule has 0 saturated carbocycles. The lowest BCUT2D eigenvalue weighted by atomic mass is 10.0. The number of unbranched alkanes of at least 4 members (excludes halogenated alkanes) is 18. The minimum absolute atomic E-state index is 0.137. The van der Waals surface area contributed by atoms with E-state index >= 15 is 0 Å². The Kier molecular flexibility index (Phi) is 43.0. The zero-order valence-corrected chi connectivity index (χ0v) is 40.9. The van der Waals surface area contributed by atoms with Crippen molar-refractivity contribution in [2.24, 2.45) is 0 Å². The van der Waals surface area contributed by atoms with E-state index in [9.17, 15) is 19.5 Å². The molecule has 0 fully saturated rings. The third-order valence-electron chi connectivity index (χ3n) is 10.5. The van der Waals surface area contributed by atoms with Crippen molar-refractivity contribution in [1.82, 2.24) is 0 Å². The first-order chi connectivity index (χ1) is 30.6. The second kappa shape index (κ2) is 45.3. The van der Waals surface area contributed by atoms with Gasteiger partial charge in [-0.25, -0.2) is 0 Å². The van der Waals surface area contributed by atoms with E-state index in [1.165, 1.54) is 89.9 Å². The van der Waals surface area contributed by atoms with Crippen molar-refractivity contribution in [2.45, 2.75) is 206 Å². The number of ether oxygens (including phenoxy) is 4. The summed E-state index contributed by atoms with van der Waals surface area (Å²) < 4.78 is 22.6. The minimum atomic E-state index is -1.63. The molecule has 0 aliphatic rings. The van der Waals surface area contributed by atoms with Gasteiger partial charge < -0.3 is 33.3 Å². The number of likely N-dealkylation sites (N-methyl/N-ethyl adjacent to an activating group) is 1. The van der Waals surface area contributed by atoms with Gasteiger partial charge in [0.1, 0.15) is 13.2 Å². The van der Waals surface area contributed by atoms with Crippen LogP contribution in [-0.4, -0.2) is 82.3 Å². The summed E-state index contributed by atoms with van der Waals surface area (Å²) in [4.78, 5) is 37.1. The molecular formula is C54H93NO8. The predicted octanol–water partition coefficient (Wildman–Crippen LogP) is 12.6. The number of allylic oxidation sites excluding steroid dienone is 12. The molecule has 0 aliphatic heterocycles. The van der Waals surface area contributed by atoms with Crippen LogP contribution in [0.15, 0.2) is 72.9 Å². The van der Waals surface area contributed by atoms with Gasteiger partial charge in [0, 0.05) is 12.8 Å². The molecular weight excluding hydrogens is 791 g/mol. The van der Waals surface area contributed by atoms with Crippen LogP contribution in [0.4, 0.5) is 0 Å². The first-order valence-electron chi connectivity index (χ1n) is 25.1. The van der Waals surface area contributed by atoms with E-state index < -0.39 is 24.3 Å². The van der Waals surface area contributed by atoms with Crippen LogP contribution in [0.3, 0.4) is 0 Å². The third-order valence-corrected chi connectivity index (χ3v) is 10.5. The smallest absolute Gasteiger partial charge is 0.306 e. The van der Waals surface area contributed by atoms with Gasteiger partial charge in [-0.1, -0.05) is 189 Å². The van der Waals surface area contributed by atoms with Gasteiger partial charge in [-0.05, 0) is 64.2 Å². The lowest BCUT2D eigenvalue weighted by Crippen LogP contribution is -2.44. The fourth-order valence-electron chi connectivity index (χ4n) is 6.60. The largest absolute Gasteiger partial charge is 0.545 e. The Hall–Kier alpha value is -3.27. The highest BCUT2D eigenvalue weighted by molar-refractivity contribution is 5.70. The van der Waals surface area contributed by atoms with Crippen LogP contribution in [0.25, 0.3) is 0 Å². The molecule has 63 heavy (non-hydrogen) atoms. The first kappa shape index (κ1) is 59.7. The molecule has 0 aromatic rings. The van der Waals surface area contributed by atoms with E-state index in [4.69, 9.17) is 18.9 Å². The third kappa shape index (κ3) is 46.5. The van der Waals surface area contributed by atoms with Crippen molar-refractivity contribution in [1.29, 1.82) is 0 Å². The summed E-state index contributed by atoms with van der Waals surface area (Å²) in [5.74, 6) is -2.35. The maximum atomic E-state index is 12.8. The van der Waals surface area contributed by atoms with Gasteiger partial charge in [0.25, 0.3) is 0 Å². The van der Waals surface area contributed by atoms with Crippen LogP contribution in [-0.2, 0) is 33.3 Å². The molecule has 0 saturated heterocycles. The Labute approximate surface area is 386 Å². The molecule has 0 heterocycles. The number of rotatable bonds is 45. The fourth-order valence-corrected chi connectivity index (χ4v) is 6.60. The molecule has 2 unspecified atom stereocenters. The molecule has 0 N–H and O–H groups in total. The Morgan fingerprint density at radius 1 is 0.492 bits per heavy atom. The summed E-state index contributed by atoms with van der Waals surface area (Å²) in [5.41, 5.74) is 0. The number of nitrogens with zero attached hydrogens (tertiary/aromatic N) is 1. The van der Waals surface area contributed by atoms with Gasteiger partial charge in [0.2, 0.25) is 0 Å². The van der Waals surface area contributed by atoms with Gasteiger partial charge in [-0.2, -0.15) is 0 Å². The average Bonchev–Trinajstić information content (AvgIpc) is 3.24. The molecule has 0 aliphatic carbocycles. The number of carbonyl (C=O) groups excluding carboxylic acids is 3. The van der Waals surface area contributed by atoms with Gasteiger partial charge in [0.05, 0.1) is 40.3 Å². The molecule has 0 aromatic heterocycles. The lowest BCUT2D eigenvalue weighted by Gasteiger charge is -2.26. The monoisotopic (exact) mass is 884 g/mol.